The topological polar surface area (TPSA) is 40.7 Å². The maximum Gasteiger partial charge on any atom is 0.184 e. The van der Waals surface area contributed by atoms with E-state index >= 15 is 0 Å². The molecule has 5 nitrogen and oxygen atoms in total. The Kier molecular flexibility index (Phi) is 4.79. The fourth-order valence-corrected chi connectivity index (χ4v) is 4.50. The van der Waals surface area contributed by atoms with Crippen molar-refractivity contribution < 1.29 is 9.47 Å². The first-order valence-electron chi connectivity index (χ1n) is 9.90. The average Bonchev–Trinajstić information content (AvgIpc) is 3.07. The van der Waals surface area contributed by atoms with Crippen LogP contribution in [0.1, 0.15) is 5.56 Å². The largest absolute Gasteiger partial charge is 0.486 e. The van der Waals surface area contributed by atoms with Crippen LogP contribution in [0.5, 0.6) is 11.5 Å². The van der Waals surface area contributed by atoms with Crippen LogP contribution in [0.2, 0.25) is 5.15 Å². The SMILES string of the molecule is Clc1[nH]c2ccccc2c1CCN1CCN(c2cccc3c2OCCO3)CC1. The van der Waals surface area contributed by atoms with Gasteiger partial charge in [-0.1, -0.05) is 35.9 Å². The highest BCUT2D eigenvalue weighted by molar-refractivity contribution is 6.31. The van der Waals surface area contributed by atoms with Crippen molar-refractivity contribution in [3.05, 3.63) is 53.2 Å². The summed E-state index contributed by atoms with van der Waals surface area (Å²) < 4.78 is 11.6. The number of piperazine rings is 1. The molecular weight excluding hydrogens is 374 g/mol. The van der Waals surface area contributed by atoms with E-state index in [1.807, 2.05) is 18.2 Å². The van der Waals surface area contributed by atoms with Crippen LogP contribution in [0.15, 0.2) is 42.5 Å². The van der Waals surface area contributed by atoms with Crippen LogP contribution in [-0.2, 0) is 6.42 Å². The summed E-state index contributed by atoms with van der Waals surface area (Å²) in [5.74, 6) is 1.76. The third-order valence-electron chi connectivity index (χ3n) is 5.70. The van der Waals surface area contributed by atoms with Crippen LogP contribution in [-0.4, -0.2) is 55.8 Å². The minimum absolute atomic E-state index is 0.620. The van der Waals surface area contributed by atoms with Crippen molar-refractivity contribution in [2.24, 2.45) is 0 Å². The van der Waals surface area contributed by atoms with E-state index in [9.17, 15) is 0 Å². The fourth-order valence-electron chi connectivity index (χ4n) is 4.20. The number of aromatic nitrogens is 1. The van der Waals surface area contributed by atoms with E-state index < -0.39 is 0 Å². The van der Waals surface area contributed by atoms with Gasteiger partial charge in [0.05, 0.1) is 5.69 Å². The molecular formula is C22H24ClN3O2. The first-order valence-corrected chi connectivity index (χ1v) is 10.3. The zero-order chi connectivity index (χ0) is 18.9. The highest BCUT2D eigenvalue weighted by atomic mass is 35.5. The number of rotatable bonds is 4. The average molecular weight is 398 g/mol. The van der Waals surface area contributed by atoms with Gasteiger partial charge in [0.25, 0.3) is 0 Å². The Bertz CT molecular complexity index is 979. The highest BCUT2D eigenvalue weighted by Gasteiger charge is 2.23. The van der Waals surface area contributed by atoms with Crippen LogP contribution in [0.25, 0.3) is 10.9 Å². The molecule has 28 heavy (non-hydrogen) atoms. The van der Waals surface area contributed by atoms with Crippen molar-refractivity contribution in [3.8, 4) is 11.5 Å². The Labute approximate surface area is 169 Å². The van der Waals surface area contributed by atoms with Gasteiger partial charge in [0, 0.05) is 43.6 Å². The molecule has 146 valence electrons. The second kappa shape index (κ2) is 7.57. The van der Waals surface area contributed by atoms with E-state index in [-0.39, 0.29) is 0 Å². The van der Waals surface area contributed by atoms with Crippen LogP contribution in [0.4, 0.5) is 5.69 Å². The van der Waals surface area contributed by atoms with Gasteiger partial charge in [0.15, 0.2) is 11.5 Å². The number of hydrogen-bond acceptors (Lipinski definition) is 4. The number of aromatic amines is 1. The smallest absolute Gasteiger partial charge is 0.184 e. The van der Waals surface area contributed by atoms with E-state index in [0.717, 1.165) is 67.0 Å². The Morgan fingerprint density at radius 2 is 1.75 bits per heavy atom. The highest BCUT2D eigenvalue weighted by Crippen LogP contribution is 2.39. The minimum atomic E-state index is 0.620. The lowest BCUT2D eigenvalue weighted by molar-refractivity contribution is 0.171. The van der Waals surface area contributed by atoms with Crippen molar-refractivity contribution >= 4 is 28.2 Å². The Morgan fingerprint density at radius 1 is 0.929 bits per heavy atom. The van der Waals surface area contributed by atoms with Gasteiger partial charge in [-0.25, -0.2) is 0 Å². The standard InChI is InChI=1S/C22H24ClN3O2/c23-22-17(16-4-1-2-5-18(16)24-22)8-9-25-10-12-26(13-11-25)19-6-3-7-20-21(19)28-15-14-27-20/h1-7,24H,8-15H2. The summed E-state index contributed by atoms with van der Waals surface area (Å²) in [5.41, 5.74) is 3.49. The van der Waals surface area contributed by atoms with Crippen LogP contribution < -0.4 is 14.4 Å². The molecule has 0 spiro atoms. The van der Waals surface area contributed by atoms with Gasteiger partial charge in [0.1, 0.15) is 18.4 Å². The quantitative estimate of drug-likeness (QED) is 0.723. The van der Waals surface area contributed by atoms with E-state index in [1.165, 1.54) is 10.9 Å². The summed E-state index contributed by atoms with van der Waals surface area (Å²) in [7, 11) is 0. The third kappa shape index (κ3) is 3.29. The second-order valence-electron chi connectivity index (χ2n) is 7.34. The summed E-state index contributed by atoms with van der Waals surface area (Å²) >= 11 is 6.45. The van der Waals surface area contributed by atoms with Gasteiger partial charge in [-0.3, -0.25) is 4.90 Å². The molecule has 1 aromatic heterocycles. The Balaban J connectivity index is 1.23. The molecule has 0 amide bonds. The Morgan fingerprint density at radius 3 is 2.64 bits per heavy atom. The molecule has 6 heteroatoms. The van der Waals surface area contributed by atoms with Gasteiger partial charge in [-0.15, -0.1) is 0 Å². The fraction of sp³-hybridized carbons (Fsp3) is 0.364. The summed E-state index contributed by atoms with van der Waals surface area (Å²) in [6.07, 6.45) is 0.959. The number of halogens is 1. The van der Waals surface area contributed by atoms with Crippen molar-refractivity contribution in [2.45, 2.75) is 6.42 Å². The summed E-state index contributed by atoms with van der Waals surface area (Å²) in [5, 5.41) is 2.01. The zero-order valence-electron chi connectivity index (χ0n) is 15.8. The van der Waals surface area contributed by atoms with Crippen LogP contribution in [0, 0.1) is 0 Å². The van der Waals surface area contributed by atoms with Gasteiger partial charge in [-0.2, -0.15) is 0 Å². The molecule has 1 saturated heterocycles. The zero-order valence-corrected chi connectivity index (χ0v) is 16.5. The number of benzene rings is 2. The van der Waals surface area contributed by atoms with Gasteiger partial charge >= 0.3 is 0 Å². The first kappa shape index (κ1) is 17.7. The molecule has 3 aromatic rings. The maximum absolute atomic E-state index is 6.45. The molecule has 0 radical (unpaired) electrons. The van der Waals surface area contributed by atoms with Crippen molar-refractivity contribution in [3.63, 3.8) is 0 Å². The molecule has 3 heterocycles. The lowest BCUT2D eigenvalue weighted by Crippen LogP contribution is -2.47. The normalized spacial score (nSPS) is 17.2. The number of nitrogens with zero attached hydrogens (tertiary/aromatic N) is 2. The summed E-state index contributed by atoms with van der Waals surface area (Å²) in [6.45, 7) is 6.30. The molecule has 1 N–H and O–H groups in total. The van der Waals surface area contributed by atoms with E-state index in [0.29, 0.717) is 13.2 Å². The van der Waals surface area contributed by atoms with E-state index in [2.05, 4.69) is 39.0 Å². The van der Waals surface area contributed by atoms with Crippen molar-refractivity contribution in [2.75, 3.05) is 50.8 Å². The lowest BCUT2D eigenvalue weighted by atomic mass is 10.1. The van der Waals surface area contributed by atoms with Gasteiger partial charge < -0.3 is 19.4 Å². The number of H-pyrrole nitrogens is 1. The molecule has 0 aliphatic carbocycles. The predicted molar refractivity (Wildman–Crippen MR) is 113 cm³/mol. The van der Waals surface area contributed by atoms with Crippen molar-refractivity contribution in [1.29, 1.82) is 0 Å². The number of fused-ring (bicyclic) bond motifs is 2. The predicted octanol–water partition coefficient (Wildman–Crippen LogP) is 3.96. The molecule has 0 unspecified atom stereocenters. The molecule has 0 bridgehead atoms. The molecule has 2 aromatic carbocycles. The minimum Gasteiger partial charge on any atom is -0.486 e. The molecule has 0 saturated carbocycles. The van der Waals surface area contributed by atoms with Gasteiger partial charge in [0.2, 0.25) is 0 Å². The molecule has 2 aliphatic rings. The summed E-state index contributed by atoms with van der Waals surface area (Å²) in [4.78, 5) is 8.21. The number of nitrogens with one attached hydrogen (secondary N) is 1. The van der Waals surface area contributed by atoms with Crippen LogP contribution >= 0.6 is 11.6 Å². The molecule has 0 atom stereocenters. The van der Waals surface area contributed by atoms with Crippen LogP contribution in [0.3, 0.4) is 0 Å². The molecule has 2 aliphatic heterocycles. The lowest BCUT2D eigenvalue weighted by Gasteiger charge is -2.37. The van der Waals surface area contributed by atoms with Crippen molar-refractivity contribution in [1.82, 2.24) is 9.88 Å². The van der Waals surface area contributed by atoms with Gasteiger partial charge in [-0.05, 0) is 30.2 Å². The number of anilines is 1. The monoisotopic (exact) mass is 397 g/mol. The van der Waals surface area contributed by atoms with E-state index in [4.69, 9.17) is 21.1 Å². The summed E-state index contributed by atoms with van der Waals surface area (Å²) in [6, 6.07) is 14.5. The number of hydrogen-bond donors (Lipinski definition) is 1. The third-order valence-corrected chi connectivity index (χ3v) is 6.02. The molecule has 1 fully saturated rings. The second-order valence-corrected chi connectivity index (χ2v) is 7.72. The number of para-hydroxylation sites is 2. The Hall–Kier alpha value is -2.37. The number of ether oxygens (including phenoxy) is 2. The maximum atomic E-state index is 6.45. The van der Waals surface area contributed by atoms with E-state index in [1.54, 1.807) is 0 Å². The molecule has 5 rings (SSSR count). The first-order chi connectivity index (χ1) is 13.8.